The Morgan fingerprint density at radius 1 is 1.56 bits per heavy atom. The lowest BCUT2D eigenvalue weighted by Crippen LogP contribution is -2.29. The minimum absolute atomic E-state index is 0.671. The first kappa shape index (κ1) is 11.1. The minimum Gasteiger partial charge on any atom is -0.497 e. The Morgan fingerprint density at radius 2 is 2.25 bits per heavy atom. The van der Waals surface area contributed by atoms with E-state index in [2.05, 4.69) is 0 Å². The van der Waals surface area contributed by atoms with Gasteiger partial charge in [0, 0.05) is 0 Å². The topological polar surface area (TPSA) is 46.5 Å². The third kappa shape index (κ3) is 1.40. The van der Waals surface area contributed by atoms with Crippen LogP contribution in [0.3, 0.4) is 0 Å². The zero-order valence-corrected chi connectivity index (χ0v) is 9.83. The van der Waals surface area contributed by atoms with E-state index in [-0.39, 0.29) is 0 Å². The predicted octanol–water partition coefficient (Wildman–Crippen LogP) is 0.242. The summed E-state index contributed by atoms with van der Waals surface area (Å²) >= 11 is 0. The summed E-state index contributed by atoms with van der Waals surface area (Å²) in [5.41, 5.74) is 2.36. The van der Waals surface area contributed by atoms with Crippen LogP contribution in [-0.4, -0.2) is 26.0 Å². The number of ether oxygens (including phenoxy) is 1. The molecule has 84 valence electrons. The number of aliphatic carboxylic acids is 1. The highest BCUT2D eigenvalue weighted by atomic mass is 16.5. The molecule has 0 saturated carbocycles. The summed E-state index contributed by atoms with van der Waals surface area (Å²) in [6.45, 7) is 1.79. The van der Waals surface area contributed by atoms with Crippen LogP contribution in [0.15, 0.2) is 12.1 Å². The number of benzene rings is 1. The monoisotopic (exact) mass is 218 g/mol. The minimum atomic E-state index is -0.754. The first-order valence-electron chi connectivity index (χ1n) is 5.40. The van der Waals surface area contributed by atoms with Gasteiger partial charge in [0.1, 0.15) is 13.6 Å². The number of hydrogen-bond donors (Lipinski definition) is 1. The van der Waals surface area contributed by atoms with Gasteiger partial charge in [-0.2, -0.15) is 0 Å². The molecule has 16 heavy (non-hydrogen) atoms. The second-order valence-electron chi connectivity index (χ2n) is 4.62. The fourth-order valence-electron chi connectivity index (χ4n) is 2.43. The second kappa shape index (κ2) is 3.54. The van der Waals surface area contributed by atoms with Gasteiger partial charge in [-0.1, -0.05) is 6.07 Å². The Morgan fingerprint density at radius 3 is 2.81 bits per heavy atom. The molecule has 1 atom stereocenters. The van der Waals surface area contributed by atoms with Crippen LogP contribution < -0.4 is 10.2 Å². The molecule has 2 rings (SSSR count). The Labute approximate surface area is 95.8 Å². The molecule has 0 heterocycles. The number of rotatable bonds is 2. The highest BCUT2D eigenvalue weighted by Gasteiger charge is 2.41. The Balaban J connectivity index is 2.59. The van der Waals surface area contributed by atoms with Crippen molar-refractivity contribution in [3.63, 3.8) is 0 Å². The Kier molecular flexibility index (Phi) is 2.45. The van der Waals surface area contributed by atoms with Crippen LogP contribution in [0.2, 0.25) is 0 Å². The molecule has 1 aliphatic carbocycles. The smallest absolute Gasteiger partial charge is 0.313 e. The number of hydrogen-bond acceptors (Lipinski definition) is 2. The molecule has 0 saturated heterocycles. The largest absolute Gasteiger partial charge is 0.497 e. The maximum atomic E-state index is 11.3. The molecule has 0 amide bonds. The third-order valence-corrected chi connectivity index (χ3v) is 3.58. The van der Waals surface area contributed by atoms with Gasteiger partial charge >= 0.3 is 5.97 Å². The van der Waals surface area contributed by atoms with E-state index in [0.717, 1.165) is 28.8 Å². The van der Waals surface area contributed by atoms with Crippen LogP contribution in [0.5, 0.6) is 5.75 Å². The zero-order valence-electron chi connectivity index (χ0n) is 9.83. The number of aryl methyl sites for hydroxylation is 1. The lowest BCUT2D eigenvalue weighted by atomic mass is 9.82. The first-order chi connectivity index (χ1) is 7.49. The van der Waals surface area contributed by atoms with Gasteiger partial charge in [-0.05, 0) is 42.4 Å². The molecule has 0 bridgehead atoms. The number of carbonyl (C=O) groups is 1. The molecule has 3 nitrogen and oxygen atoms in total. The molecular weight excluding hydrogens is 203 g/mol. The molecule has 1 unspecified atom stereocenters. The van der Waals surface area contributed by atoms with Crippen LogP contribution in [0.1, 0.15) is 24.5 Å². The van der Waals surface area contributed by atoms with Crippen molar-refractivity contribution in [1.29, 1.82) is 0 Å². The SMILES string of the molecule is Bc1cc2c(cc1OC)C(C)(C(=O)O)CC2. The van der Waals surface area contributed by atoms with Crippen LogP contribution in [0.25, 0.3) is 0 Å². The molecule has 1 aromatic rings. The number of carboxylic acids is 1. The summed E-state index contributed by atoms with van der Waals surface area (Å²) in [6.07, 6.45) is 1.51. The van der Waals surface area contributed by atoms with Gasteiger partial charge in [0.15, 0.2) is 0 Å². The summed E-state index contributed by atoms with van der Waals surface area (Å²) in [7, 11) is 3.59. The summed E-state index contributed by atoms with van der Waals surface area (Å²) in [4.78, 5) is 11.3. The molecule has 0 spiro atoms. The number of carboxylic acid groups (broad SMARTS) is 1. The van der Waals surface area contributed by atoms with Gasteiger partial charge in [0.05, 0.1) is 12.5 Å². The van der Waals surface area contributed by atoms with Gasteiger partial charge in [0.25, 0.3) is 0 Å². The van der Waals surface area contributed by atoms with E-state index in [0.29, 0.717) is 6.42 Å². The zero-order chi connectivity index (χ0) is 11.9. The van der Waals surface area contributed by atoms with Crippen molar-refractivity contribution in [3.8, 4) is 5.75 Å². The van der Waals surface area contributed by atoms with Crippen molar-refractivity contribution in [3.05, 3.63) is 23.3 Å². The summed E-state index contributed by atoms with van der Waals surface area (Å²) in [6, 6.07) is 3.92. The van der Waals surface area contributed by atoms with Gasteiger partial charge < -0.3 is 9.84 Å². The van der Waals surface area contributed by atoms with Crippen molar-refractivity contribution in [2.24, 2.45) is 0 Å². The normalized spacial score (nSPS) is 22.9. The Hall–Kier alpha value is -1.45. The van der Waals surface area contributed by atoms with E-state index in [1.165, 1.54) is 0 Å². The Bertz CT molecular complexity index is 456. The van der Waals surface area contributed by atoms with Crippen LogP contribution in [0, 0.1) is 0 Å². The van der Waals surface area contributed by atoms with Crippen molar-refractivity contribution in [2.45, 2.75) is 25.2 Å². The van der Waals surface area contributed by atoms with Crippen molar-refractivity contribution >= 4 is 19.3 Å². The lowest BCUT2D eigenvalue weighted by Gasteiger charge is -2.20. The van der Waals surface area contributed by atoms with E-state index in [4.69, 9.17) is 4.74 Å². The molecular formula is C12H15BO3. The maximum Gasteiger partial charge on any atom is 0.313 e. The van der Waals surface area contributed by atoms with Crippen LogP contribution >= 0.6 is 0 Å². The van der Waals surface area contributed by atoms with Gasteiger partial charge in [-0.15, -0.1) is 0 Å². The predicted molar refractivity (Wildman–Crippen MR) is 64.5 cm³/mol. The highest BCUT2D eigenvalue weighted by molar-refractivity contribution is 6.34. The summed E-state index contributed by atoms with van der Waals surface area (Å²) in [5, 5.41) is 9.31. The highest BCUT2D eigenvalue weighted by Crippen LogP contribution is 2.39. The third-order valence-electron chi connectivity index (χ3n) is 3.58. The number of fused-ring (bicyclic) bond motifs is 1. The fourth-order valence-corrected chi connectivity index (χ4v) is 2.43. The molecule has 0 fully saturated rings. The quantitative estimate of drug-likeness (QED) is 0.723. The average Bonchev–Trinajstić information content (AvgIpc) is 2.56. The van der Waals surface area contributed by atoms with E-state index < -0.39 is 11.4 Å². The second-order valence-corrected chi connectivity index (χ2v) is 4.62. The molecule has 1 N–H and O–H groups in total. The molecule has 0 aliphatic heterocycles. The van der Waals surface area contributed by atoms with Gasteiger partial charge in [-0.25, -0.2) is 0 Å². The molecule has 1 aromatic carbocycles. The first-order valence-corrected chi connectivity index (χ1v) is 5.40. The summed E-state index contributed by atoms with van der Waals surface area (Å²) in [5.74, 6) is 0.0188. The lowest BCUT2D eigenvalue weighted by molar-refractivity contribution is -0.143. The van der Waals surface area contributed by atoms with Crippen molar-refractivity contribution in [2.75, 3.05) is 7.11 Å². The van der Waals surface area contributed by atoms with Crippen molar-refractivity contribution in [1.82, 2.24) is 0 Å². The fraction of sp³-hybridized carbons (Fsp3) is 0.417. The van der Waals surface area contributed by atoms with Gasteiger partial charge in [-0.3, -0.25) is 4.79 Å². The van der Waals surface area contributed by atoms with Crippen LogP contribution in [0.4, 0.5) is 0 Å². The average molecular weight is 218 g/mol. The number of methoxy groups -OCH3 is 1. The van der Waals surface area contributed by atoms with Gasteiger partial charge in [0.2, 0.25) is 0 Å². The molecule has 0 aromatic heterocycles. The van der Waals surface area contributed by atoms with E-state index >= 15 is 0 Å². The van der Waals surface area contributed by atoms with Crippen LogP contribution in [-0.2, 0) is 16.6 Å². The van der Waals surface area contributed by atoms with E-state index in [9.17, 15) is 9.90 Å². The van der Waals surface area contributed by atoms with Crippen molar-refractivity contribution < 1.29 is 14.6 Å². The maximum absolute atomic E-state index is 11.3. The molecule has 4 heteroatoms. The standard InChI is InChI=1S/C12H15BO3/c1-12(11(14)15)4-3-7-5-9(13)10(16-2)6-8(7)12/h5-6H,3-4,13H2,1-2H3,(H,14,15). The van der Waals surface area contributed by atoms with E-state index in [1.807, 2.05) is 20.0 Å². The molecule has 1 aliphatic rings. The summed E-state index contributed by atoms with van der Waals surface area (Å²) < 4.78 is 5.25. The molecule has 0 radical (unpaired) electrons. The van der Waals surface area contributed by atoms with E-state index in [1.54, 1.807) is 14.0 Å².